The Hall–Kier alpha value is -10.7. The standard InChI is InChI=1S/C41H29ClN2O.C29H19Cl2NO.C12H11N/c1-28-24-26-34(39-38-33-21-12-11-14-29(33)25-27-37(38)45-41(28)39)44(32-19-9-4-10-20-32)36-23-13-22-35(40(36)42)43(30-15-5-2-6-16-30)31-17-7-3-8-18-31;1-18-14-16-23(27-26-21-11-6-5-8-19(21)15-17-25(26)33-29(18)27)32(20-9-3-2-4-10-20)24-13-7-12-22(30)28(24)31;1-3-7-11(8-4-1)13-12-9-5-2-6-10-12/h2-27H,1H3;2-17H,1H3;1-10,13H/i2*1D3;. The van der Waals surface area contributed by atoms with Gasteiger partial charge in [-0.2, -0.15) is 0 Å². The molecule has 6 nitrogen and oxygen atoms in total. The quantitative estimate of drug-likeness (QED) is 0.139. The first-order valence-electron chi connectivity index (χ1n) is 32.6. The van der Waals surface area contributed by atoms with Crippen LogP contribution in [-0.4, -0.2) is 0 Å². The minimum Gasteiger partial charge on any atom is -0.456 e. The highest BCUT2D eigenvalue weighted by Crippen LogP contribution is 2.52. The molecule has 2 heterocycles. The molecule has 0 spiro atoms. The van der Waals surface area contributed by atoms with Gasteiger partial charge in [0, 0.05) is 53.1 Å². The monoisotopic (exact) mass is 1240 g/mol. The van der Waals surface area contributed by atoms with Crippen LogP contribution in [-0.2, 0) is 0 Å². The molecular weight excluding hydrogens is 1180 g/mol. The average molecular weight is 1240 g/mol. The first kappa shape index (κ1) is 51.2. The molecule has 0 atom stereocenters. The predicted molar refractivity (Wildman–Crippen MR) is 387 cm³/mol. The second kappa shape index (κ2) is 25.8. The summed E-state index contributed by atoms with van der Waals surface area (Å²) in [6, 6.07) is 103. The van der Waals surface area contributed by atoms with Crippen LogP contribution in [0, 0.1) is 13.7 Å². The van der Waals surface area contributed by atoms with E-state index in [4.69, 9.17) is 51.9 Å². The molecule has 14 aromatic carbocycles. The summed E-state index contributed by atoms with van der Waals surface area (Å²) < 4.78 is 62.5. The van der Waals surface area contributed by atoms with Crippen molar-refractivity contribution < 1.29 is 17.1 Å². The molecule has 0 aliphatic carbocycles. The molecular formula is C82H59Cl3N4O2. The number of furan rings is 2. The Morgan fingerprint density at radius 2 is 0.648 bits per heavy atom. The van der Waals surface area contributed by atoms with Gasteiger partial charge >= 0.3 is 0 Å². The Labute approximate surface area is 552 Å². The second-order valence-corrected chi connectivity index (χ2v) is 22.7. The molecule has 0 amide bonds. The van der Waals surface area contributed by atoms with Crippen LogP contribution in [0.5, 0.6) is 0 Å². The maximum Gasteiger partial charge on any atom is 0.140 e. The predicted octanol–water partition coefficient (Wildman–Crippen LogP) is 25.9. The maximum atomic E-state index is 8.40. The number of para-hydroxylation sites is 6. The summed E-state index contributed by atoms with van der Waals surface area (Å²) in [4.78, 5) is 6.24. The molecule has 0 aliphatic heterocycles. The van der Waals surface area contributed by atoms with Gasteiger partial charge in [0.25, 0.3) is 0 Å². The largest absolute Gasteiger partial charge is 0.456 e. The number of nitrogens with zero attached hydrogens (tertiary/aromatic N) is 3. The lowest BCUT2D eigenvalue weighted by Gasteiger charge is -2.31. The average Bonchev–Trinajstić information content (AvgIpc) is 1.61. The Kier molecular flexibility index (Phi) is 14.5. The molecule has 0 fully saturated rings. The molecule has 0 saturated carbocycles. The van der Waals surface area contributed by atoms with Gasteiger partial charge in [-0.05, 0) is 168 Å². The van der Waals surface area contributed by atoms with Crippen molar-refractivity contribution in [2.75, 3.05) is 20.0 Å². The van der Waals surface area contributed by atoms with Crippen LogP contribution in [0.4, 0.5) is 62.6 Å². The smallest absolute Gasteiger partial charge is 0.140 e. The van der Waals surface area contributed by atoms with E-state index < -0.39 is 13.7 Å². The number of nitrogens with one attached hydrogen (secondary N) is 1. The Bertz CT molecular complexity index is 5390. The summed E-state index contributed by atoms with van der Waals surface area (Å²) in [5, 5.41) is 11.8. The van der Waals surface area contributed by atoms with E-state index in [0.717, 1.165) is 89.2 Å². The minimum atomic E-state index is -2.39. The van der Waals surface area contributed by atoms with E-state index in [1.165, 1.54) is 0 Å². The van der Waals surface area contributed by atoms with Crippen molar-refractivity contribution >= 4 is 163 Å². The first-order chi connectivity index (χ1) is 47.2. The normalized spacial score (nSPS) is 12.4. The molecule has 440 valence electrons. The summed E-state index contributed by atoms with van der Waals surface area (Å²) in [6.07, 6.45) is 0. The molecule has 0 bridgehead atoms. The van der Waals surface area contributed by atoms with E-state index >= 15 is 0 Å². The SMILES string of the molecule is [2H]C([2H])([2H])c1ccc(N(c2ccccc2)c2cccc(Cl)c2Cl)c2c1oc1ccc3ccccc3c12.[2H]C([2H])([2H])c1ccc(N(c2ccccc2)c2cccc(N(c3ccccc3)c3ccccc3)c2Cl)c2c1oc1ccc3ccccc3c12.c1ccc(Nc2ccccc2)cc1. The van der Waals surface area contributed by atoms with Crippen molar-refractivity contribution in [2.24, 2.45) is 0 Å². The van der Waals surface area contributed by atoms with Crippen molar-refractivity contribution in [1.82, 2.24) is 0 Å². The van der Waals surface area contributed by atoms with Gasteiger partial charge in [-0.25, -0.2) is 0 Å². The summed E-state index contributed by atoms with van der Waals surface area (Å²) in [7, 11) is 0. The van der Waals surface area contributed by atoms with Crippen molar-refractivity contribution in [3.05, 3.63) is 342 Å². The van der Waals surface area contributed by atoms with E-state index in [9.17, 15) is 0 Å². The summed E-state index contributed by atoms with van der Waals surface area (Å²) in [5.74, 6) is 0. The fourth-order valence-corrected chi connectivity index (χ4v) is 12.6. The zero-order chi connectivity index (χ0) is 66.8. The van der Waals surface area contributed by atoms with Crippen molar-refractivity contribution in [2.45, 2.75) is 13.7 Å². The number of halogens is 3. The molecule has 2 aromatic heterocycles. The van der Waals surface area contributed by atoms with Crippen LogP contribution in [0.3, 0.4) is 0 Å². The third kappa shape index (κ3) is 11.5. The van der Waals surface area contributed by atoms with Gasteiger partial charge in [0.2, 0.25) is 0 Å². The minimum absolute atomic E-state index is 0.159. The van der Waals surface area contributed by atoms with Gasteiger partial charge in [0.05, 0.1) is 54.3 Å². The van der Waals surface area contributed by atoms with Crippen LogP contribution in [0.15, 0.2) is 324 Å². The van der Waals surface area contributed by atoms with E-state index in [1.807, 2.05) is 266 Å². The van der Waals surface area contributed by atoms with Crippen molar-refractivity contribution in [3.8, 4) is 0 Å². The number of benzene rings is 14. The number of anilines is 11. The zero-order valence-corrected chi connectivity index (χ0v) is 51.1. The van der Waals surface area contributed by atoms with E-state index in [2.05, 4.69) is 51.5 Å². The summed E-state index contributed by atoms with van der Waals surface area (Å²) in [5.41, 5.74) is 11.8. The van der Waals surface area contributed by atoms with Crippen LogP contribution in [0.1, 0.15) is 19.4 Å². The molecule has 0 saturated heterocycles. The van der Waals surface area contributed by atoms with Crippen LogP contribution in [0.2, 0.25) is 15.1 Å². The summed E-state index contributed by atoms with van der Waals surface area (Å²) in [6.45, 7) is -4.74. The van der Waals surface area contributed by atoms with E-state index in [-0.39, 0.29) is 11.1 Å². The van der Waals surface area contributed by atoms with Crippen molar-refractivity contribution in [3.63, 3.8) is 0 Å². The van der Waals surface area contributed by atoms with E-state index in [1.54, 1.807) is 18.2 Å². The third-order valence-electron chi connectivity index (χ3n) is 16.0. The van der Waals surface area contributed by atoms with E-state index in [0.29, 0.717) is 53.9 Å². The first-order valence-corrected chi connectivity index (χ1v) is 30.8. The second-order valence-electron chi connectivity index (χ2n) is 21.6. The van der Waals surface area contributed by atoms with Crippen molar-refractivity contribution in [1.29, 1.82) is 0 Å². The molecule has 0 unspecified atom stereocenters. The number of rotatable bonds is 11. The highest BCUT2D eigenvalue weighted by atomic mass is 35.5. The van der Waals surface area contributed by atoms with Gasteiger partial charge in [-0.3, -0.25) is 0 Å². The highest BCUT2D eigenvalue weighted by Gasteiger charge is 2.27. The lowest BCUT2D eigenvalue weighted by atomic mass is 10.0. The number of aryl methyl sites for hydroxylation is 2. The lowest BCUT2D eigenvalue weighted by molar-refractivity contribution is 0.665. The molecule has 91 heavy (non-hydrogen) atoms. The lowest BCUT2D eigenvalue weighted by Crippen LogP contribution is -2.14. The number of fused-ring (bicyclic) bond motifs is 10. The third-order valence-corrected chi connectivity index (χ3v) is 17.2. The van der Waals surface area contributed by atoms with Crippen LogP contribution >= 0.6 is 34.8 Å². The van der Waals surface area contributed by atoms with Gasteiger partial charge in [0.15, 0.2) is 0 Å². The van der Waals surface area contributed by atoms with Gasteiger partial charge < -0.3 is 28.9 Å². The van der Waals surface area contributed by atoms with Crippen LogP contribution in [0.25, 0.3) is 65.4 Å². The molecule has 1 N–H and O–H groups in total. The molecule has 0 radical (unpaired) electrons. The molecule has 9 heteroatoms. The highest BCUT2D eigenvalue weighted by molar-refractivity contribution is 6.44. The van der Waals surface area contributed by atoms with Gasteiger partial charge in [-0.15, -0.1) is 0 Å². The Morgan fingerprint density at radius 1 is 0.297 bits per heavy atom. The van der Waals surface area contributed by atoms with Gasteiger partial charge in [0.1, 0.15) is 22.3 Å². The fraction of sp³-hybridized carbons (Fsp3) is 0.0244. The number of hydrogen-bond donors (Lipinski definition) is 1. The molecule has 16 aromatic rings. The maximum absolute atomic E-state index is 8.40. The molecule has 0 aliphatic rings. The Balaban J connectivity index is 0.000000144. The van der Waals surface area contributed by atoms with Crippen LogP contribution < -0.4 is 20.0 Å². The number of hydrogen-bond acceptors (Lipinski definition) is 6. The van der Waals surface area contributed by atoms with Gasteiger partial charge in [-0.1, -0.05) is 229 Å². The topological polar surface area (TPSA) is 48.0 Å². The molecule has 16 rings (SSSR count). The Morgan fingerprint density at radius 3 is 1.07 bits per heavy atom. The summed E-state index contributed by atoms with van der Waals surface area (Å²) >= 11 is 20.7. The fourth-order valence-electron chi connectivity index (χ4n) is 11.9. The zero-order valence-electron chi connectivity index (χ0n) is 54.8.